The van der Waals surface area contributed by atoms with Crippen LogP contribution in [0.4, 0.5) is 5.69 Å². The summed E-state index contributed by atoms with van der Waals surface area (Å²) in [5, 5.41) is 6.80. The average Bonchev–Trinajstić information content (AvgIpc) is 2.70. The van der Waals surface area contributed by atoms with Crippen LogP contribution >= 0.6 is 0 Å². The van der Waals surface area contributed by atoms with Crippen LogP contribution in [0.15, 0.2) is 29.2 Å². The molecule has 0 radical (unpaired) electrons. The highest BCUT2D eigenvalue weighted by molar-refractivity contribution is 5.95. The molecule has 0 spiro atoms. The molecule has 5 heteroatoms. The number of fused-ring (bicyclic) bond motifs is 1. The van der Waals surface area contributed by atoms with E-state index >= 15 is 0 Å². The summed E-state index contributed by atoms with van der Waals surface area (Å²) in [6.45, 7) is 2.61. The number of rotatable bonds is 4. The lowest BCUT2D eigenvalue weighted by Crippen LogP contribution is -2.31. The summed E-state index contributed by atoms with van der Waals surface area (Å²) in [5.41, 5.74) is 6.22. The van der Waals surface area contributed by atoms with E-state index in [0.29, 0.717) is 12.5 Å². The van der Waals surface area contributed by atoms with Crippen LogP contribution in [-0.4, -0.2) is 16.5 Å². The van der Waals surface area contributed by atoms with Crippen molar-refractivity contribution in [2.24, 2.45) is 7.05 Å². The normalized spacial score (nSPS) is 17.3. The number of hydrogen-bond acceptors (Lipinski definition) is 3. The maximum atomic E-state index is 12.1. The molecule has 1 aliphatic heterocycles. The zero-order valence-electron chi connectivity index (χ0n) is 16.8. The number of pyridine rings is 1. The van der Waals surface area contributed by atoms with E-state index in [1.165, 1.54) is 37.7 Å². The van der Waals surface area contributed by atoms with Gasteiger partial charge in [-0.15, -0.1) is 0 Å². The van der Waals surface area contributed by atoms with E-state index in [0.717, 1.165) is 40.9 Å². The highest BCUT2D eigenvalue weighted by Gasteiger charge is 2.21. The molecule has 5 nitrogen and oxygen atoms in total. The molecule has 2 heterocycles. The standard InChI is InChI=1S/C23H29N3O2/c1-15-10-19(14-26(2)23(15)28)17-11-16-8-9-21(27)25-22(16)18(12-17)13-24-20-6-4-3-5-7-20/h10-12,14,20,24H,3-9,13H2,1-2H3,(H,25,27). The van der Waals surface area contributed by atoms with Crippen molar-refractivity contribution >= 4 is 11.6 Å². The second-order valence-corrected chi connectivity index (χ2v) is 8.26. The van der Waals surface area contributed by atoms with Gasteiger partial charge in [-0.2, -0.15) is 0 Å². The number of nitrogens with zero attached hydrogens (tertiary/aromatic N) is 1. The second-order valence-electron chi connectivity index (χ2n) is 8.26. The number of carbonyl (C=O) groups is 1. The van der Waals surface area contributed by atoms with Crippen molar-refractivity contribution in [1.29, 1.82) is 0 Å². The van der Waals surface area contributed by atoms with Gasteiger partial charge in [-0.1, -0.05) is 19.3 Å². The molecule has 148 valence electrons. The molecule has 0 unspecified atom stereocenters. The Bertz CT molecular complexity index is 929. The summed E-state index contributed by atoms with van der Waals surface area (Å²) in [5.74, 6) is 0.0946. The van der Waals surface area contributed by atoms with E-state index < -0.39 is 0 Å². The van der Waals surface area contributed by atoms with Gasteiger partial charge in [-0.25, -0.2) is 0 Å². The number of benzene rings is 1. The lowest BCUT2D eigenvalue weighted by Gasteiger charge is -2.26. The van der Waals surface area contributed by atoms with Crippen LogP contribution in [0.25, 0.3) is 11.1 Å². The molecule has 28 heavy (non-hydrogen) atoms. The number of anilines is 1. The molecule has 0 saturated heterocycles. The molecular weight excluding hydrogens is 350 g/mol. The maximum Gasteiger partial charge on any atom is 0.253 e. The SMILES string of the molecule is Cc1cc(-c2cc3c(c(CNC4CCCCC4)c2)NC(=O)CC3)cn(C)c1=O. The first-order valence-corrected chi connectivity index (χ1v) is 10.4. The van der Waals surface area contributed by atoms with Crippen LogP contribution in [-0.2, 0) is 24.8 Å². The van der Waals surface area contributed by atoms with E-state index in [1.807, 2.05) is 19.2 Å². The number of aromatic nitrogens is 1. The van der Waals surface area contributed by atoms with Gasteiger partial charge in [-0.05, 0) is 66.6 Å². The first kappa shape index (κ1) is 18.9. The molecule has 2 aromatic rings. The molecule has 1 amide bonds. The summed E-state index contributed by atoms with van der Waals surface area (Å²) >= 11 is 0. The number of nitrogens with one attached hydrogen (secondary N) is 2. The van der Waals surface area contributed by atoms with Crippen molar-refractivity contribution in [1.82, 2.24) is 9.88 Å². The van der Waals surface area contributed by atoms with Crippen molar-refractivity contribution in [3.63, 3.8) is 0 Å². The molecule has 1 aliphatic carbocycles. The molecule has 1 aromatic carbocycles. The lowest BCUT2D eigenvalue weighted by atomic mass is 9.92. The van der Waals surface area contributed by atoms with Crippen molar-refractivity contribution in [3.05, 3.63) is 51.4 Å². The van der Waals surface area contributed by atoms with Crippen LogP contribution in [0.5, 0.6) is 0 Å². The largest absolute Gasteiger partial charge is 0.326 e. The van der Waals surface area contributed by atoms with E-state index in [2.05, 4.69) is 22.8 Å². The third-order valence-electron chi connectivity index (χ3n) is 6.07. The summed E-state index contributed by atoms with van der Waals surface area (Å²) < 4.78 is 1.64. The van der Waals surface area contributed by atoms with Crippen molar-refractivity contribution < 1.29 is 4.79 Å². The fourth-order valence-corrected chi connectivity index (χ4v) is 4.48. The summed E-state index contributed by atoms with van der Waals surface area (Å²) in [4.78, 5) is 24.1. The fourth-order valence-electron chi connectivity index (χ4n) is 4.48. The summed E-state index contributed by atoms with van der Waals surface area (Å²) in [7, 11) is 1.79. The molecule has 4 rings (SSSR count). The van der Waals surface area contributed by atoms with Gasteiger partial charge in [0.15, 0.2) is 0 Å². The Kier molecular flexibility index (Phi) is 5.36. The van der Waals surface area contributed by atoms with E-state index in [9.17, 15) is 9.59 Å². The fraction of sp³-hybridized carbons (Fsp3) is 0.478. The molecule has 0 bridgehead atoms. The van der Waals surface area contributed by atoms with Gasteiger partial charge in [0.25, 0.3) is 5.56 Å². The Balaban J connectivity index is 1.70. The Hall–Kier alpha value is -2.40. The number of carbonyl (C=O) groups excluding carboxylic acids is 1. The Morgan fingerprint density at radius 1 is 1.07 bits per heavy atom. The predicted octanol–water partition coefficient (Wildman–Crippen LogP) is 3.67. The number of hydrogen-bond donors (Lipinski definition) is 2. The summed E-state index contributed by atoms with van der Waals surface area (Å²) in [6, 6.07) is 6.86. The minimum Gasteiger partial charge on any atom is -0.326 e. The Labute approximate surface area is 166 Å². The Morgan fingerprint density at radius 3 is 2.61 bits per heavy atom. The highest BCUT2D eigenvalue weighted by atomic mass is 16.1. The van der Waals surface area contributed by atoms with E-state index in [-0.39, 0.29) is 11.5 Å². The lowest BCUT2D eigenvalue weighted by molar-refractivity contribution is -0.116. The molecule has 2 aliphatic rings. The van der Waals surface area contributed by atoms with Crippen molar-refractivity contribution in [2.45, 2.75) is 64.5 Å². The Morgan fingerprint density at radius 2 is 1.86 bits per heavy atom. The molecular formula is C23H29N3O2. The topological polar surface area (TPSA) is 63.1 Å². The van der Waals surface area contributed by atoms with E-state index in [1.54, 1.807) is 11.6 Å². The van der Waals surface area contributed by atoms with Crippen LogP contribution in [0.3, 0.4) is 0 Å². The maximum absolute atomic E-state index is 12.1. The second kappa shape index (κ2) is 7.92. The minimum atomic E-state index is 0.0353. The highest BCUT2D eigenvalue weighted by Crippen LogP contribution is 2.33. The van der Waals surface area contributed by atoms with Gasteiger partial charge in [0, 0.05) is 43.5 Å². The van der Waals surface area contributed by atoms with Crippen LogP contribution < -0.4 is 16.2 Å². The quantitative estimate of drug-likeness (QED) is 0.852. The van der Waals surface area contributed by atoms with E-state index in [4.69, 9.17) is 0 Å². The van der Waals surface area contributed by atoms with Crippen molar-refractivity contribution in [3.8, 4) is 11.1 Å². The zero-order chi connectivity index (χ0) is 19.7. The number of amides is 1. The van der Waals surface area contributed by atoms with Gasteiger partial charge in [0.05, 0.1) is 0 Å². The third-order valence-corrected chi connectivity index (χ3v) is 6.07. The van der Waals surface area contributed by atoms with Crippen molar-refractivity contribution in [2.75, 3.05) is 5.32 Å². The smallest absolute Gasteiger partial charge is 0.253 e. The zero-order valence-corrected chi connectivity index (χ0v) is 16.8. The van der Waals surface area contributed by atoms with Gasteiger partial charge >= 0.3 is 0 Å². The summed E-state index contributed by atoms with van der Waals surface area (Å²) in [6.07, 6.45) is 9.58. The molecule has 0 atom stereocenters. The van der Waals surface area contributed by atoms with Gasteiger partial charge in [0.1, 0.15) is 0 Å². The number of aryl methyl sites for hydroxylation is 3. The van der Waals surface area contributed by atoms with Crippen LogP contribution in [0, 0.1) is 6.92 Å². The minimum absolute atomic E-state index is 0.0353. The van der Waals surface area contributed by atoms with Gasteiger partial charge in [0.2, 0.25) is 5.91 Å². The third kappa shape index (κ3) is 3.90. The van der Waals surface area contributed by atoms with Gasteiger partial charge in [-0.3, -0.25) is 9.59 Å². The first-order valence-electron chi connectivity index (χ1n) is 10.4. The van der Waals surface area contributed by atoms with Crippen LogP contribution in [0.1, 0.15) is 55.2 Å². The van der Waals surface area contributed by atoms with Crippen LogP contribution in [0.2, 0.25) is 0 Å². The van der Waals surface area contributed by atoms with Gasteiger partial charge < -0.3 is 15.2 Å². The predicted molar refractivity (Wildman–Crippen MR) is 113 cm³/mol. The molecule has 1 aromatic heterocycles. The first-order chi connectivity index (χ1) is 13.5. The molecule has 2 N–H and O–H groups in total. The monoisotopic (exact) mass is 379 g/mol. The average molecular weight is 380 g/mol. The molecule has 1 saturated carbocycles. The molecule has 1 fully saturated rings.